The van der Waals surface area contributed by atoms with E-state index in [1.807, 2.05) is 29.8 Å². The summed E-state index contributed by atoms with van der Waals surface area (Å²) >= 11 is 1.47. The van der Waals surface area contributed by atoms with Gasteiger partial charge in [-0.3, -0.25) is 9.20 Å². The molecular formula is C14H19N3O3S. The summed E-state index contributed by atoms with van der Waals surface area (Å²) in [5.41, 5.74) is 1.72. The topological polar surface area (TPSA) is 83.7 Å². The third kappa shape index (κ3) is 3.81. The molecule has 6 nitrogen and oxygen atoms in total. The molecule has 114 valence electrons. The molecule has 0 aliphatic carbocycles. The Hall–Kier alpha value is -1.89. The summed E-state index contributed by atoms with van der Waals surface area (Å²) in [7, 11) is 0. The molecule has 0 radical (unpaired) electrons. The molecule has 0 fully saturated rings. The lowest BCUT2D eigenvalue weighted by Crippen LogP contribution is -2.41. The van der Waals surface area contributed by atoms with Crippen LogP contribution in [0.1, 0.15) is 37.6 Å². The molecule has 0 aliphatic rings. The number of thiazole rings is 1. The molecular weight excluding hydrogens is 290 g/mol. The number of rotatable bonds is 7. The number of hydrogen-bond donors (Lipinski definition) is 2. The lowest BCUT2D eigenvalue weighted by atomic mass is 10.1. The highest BCUT2D eigenvalue weighted by atomic mass is 32.1. The second-order valence-electron chi connectivity index (χ2n) is 5.04. The monoisotopic (exact) mass is 309 g/mol. The number of carbonyl (C=O) groups is 2. The zero-order valence-electron chi connectivity index (χ0n) is 12.1. The van der Waals surface area contributed by atoms with E-state index in [2.05, 4.69) is 10.3 Å². The first kappa shape index (κ1) is 15.5. The lowest BCUT2D eigenvalue weighted by molar-refractivity contribution is -0.142. The van der Waals surface area contributed by atoms with Crippen LogP contribution < -0.4 is 5.32 Å². The highest BCUT2D eigenvalue weighted by Gasteiger charge is 2.20. The molecule has 1 amide bonds. The first-order valence-corrected chi connectivity index (χ1v) is 7.83. The number of nitrogens with zero attached hydrogens (tertiary/aromatic N) is 2. The minimum Gasteiger partial charge on any atom is -0.480 e. The van der Waals surface area contributed by atoms with E-state index in [1.54, 1.807) is 0 Å². The van der Waals surface area contributed by atoms with Gasteiger partial charge in [-0.2, -0.15) is 0 Å². The zero-order chi connectivity index (χ0) is 15.4. The molecule has 1 unspecified atom stereocenters. The van der Waals surface area contributed by atoms with Gasteiger partial charge >= 0.3 is 5.97 Å². The third-order valence-corrected chi connectivity index (χ3v) is 4.11. The molecule has 2 rings (SSSR count). The van der Waals surface area contributed by atoms with E-state index in [9.17, 15) is 9.59 Å². The van der Waals surface area contributed by atoms with Crippen LogP contribution in [0, 0.1) is 6.92 Å². The number of imidazole rings is 1. The van der Waals surface area contributed by atoms with Crippen molar-refractivity contribution in [1.29, 1.82) is 0 Å². The van der Waals surface area contributed by atoms with Crippen molar-refractivity contribution in [3.63, 3.8) is 0 Å². The fourth-order valence-electron chi connectivity index (χ4n) is 2.14. The minimum atomic E-state index is -0.981. The van der Waals surface area contributed by atoms with Crippen molar-refractivity contribution in [3.8, 4) is 0 Å². The Morgan fingerprint density at radius 1 is 1.52 bits per heavy atom. The van der Waals surface area contributed by atoms with E-state index < -0.39 is 12.0 Å². The van der Waals surface area contributed by atoms with Crippen molar-refractivity contribution < 1.29 is 14.7 Å². The van der Waals surface area contributed by atoms with E-state index in [4.69, 9.17) is 5.11 Å². The SMILES string of the molecule is CCCCC(NC(=O)Cc1csc2nc(C)cn12)C(=O)O. The van der Waals surface area contributed by atoms with Crippen LogP contribution in [-0.4, -0.2) is 32.4 Å². The van der Waals surface area contributed by atoms with E-state index in [0.717, 1.165) is 29.2 Å². The number of unbranched alkanes of at least 4 members (excludes halogenated alkanes) is 1. The number of carbonyl (C=O) groups excluding carboxylic acids is 1. The number of amides is 1. The first-order valence-electron chi connectivity index (χ1n) is 6.95. The van der Waals surface area contributed by atoms with E-state index in [1.165, 1.54) is 11.3 Å². The number of aliphatic carboxylic acids is 1. The Labute approximate surface area is 126 Å². The van der Waals surface area contributed by atoms with Gasteiger partial charge < -0.3 is 10.4 Å². The summed E-state index contributed by atoms with van der Waals surface area (Å²) in [6, 6.07) is -0.809. The fourth-order valence-corrected chi connectivity index (χ4v) is 3.06. The van der Waals surface area contributed by atoms with Crippen LogP contribution in [-0.2, 0) is 16.0 Å². The highest BCUT2D eigenvalue weighted by Crippen LogP contribution is 2.17. The summed E-state index contributed by atoms with van der Waals surface area (Å²) in [6.45, 7) is 3.89. The van der Waals surface area contributed by atoms with Crippen molar-refractivity contribution in [3.05, 3.63) is 23.0 Å². The van der Waals surface area contributed by atoms with Crippen LogP contribution in [0.15, 0.2) is 11.6 Å². The lowest BCUT2D eigenvalue weighted by Gasteiger charge is -2.13. The molecule has 0 aromatic carbocycles. The predicted octanol–water partition coefficient (Wildman–Crippen LogP) is 2.01. The number of carboxylic acid groups (broad SMARTS) is 1. The summed E-state index contributed by atoms with van der Waals surface area (Å²) in [5, 5.41) is 13.6. The number of aryl methyl sites for hydroxylation is 1. The minimum absolute atomic E-state index is 0.158. The number of fused-ring (bicyclic) bond motifs is 1. The molecule has 2 N–H and O–H groups in total. The summed E-state index contributed by atoms with van der Waals surface area (Å²) in [4.78, 5) is 28.3. The quantitative estimate of drug-likeness (QED) is 0.819. The van der Waals surface area contributed by atoms with Crippen LogP contribution in [0.25, 0.3) is 4.96 Å². The maximum atomic E-state index is 12.0. The Morgan fingerprint density at radius 3 is 2.95 bits per heavy atom. The predicted molar refractivity (Wildman–Crippen MR) is 80.6 cm³/mol. The van der Waals surface area contributed by atoms with Crippen LogP contribution in [0.5, 0.6) is 0 Å². The van der Waals surface area contributed by atoms with Crippen molar-refractivity contribution in [2.24, 2.45) is 0 Å². The van der Waals surface area contributed by atoms with Gasteiger partial charge in [0.05, 0.1) is 12.1 Å². The first-order chi connectivity index (χ1) is 10.0. The van der Waals surface area contributed by atoms with Crippen molar-refractivity contribution >= 4 is 28.2 Å². The molecule has 0 saturated carbocycles. The second-order valence-corrected chi connectivity index (χ2v) is 5.88. The normalized spacial score (nSPS) is 12.5. The summed E-state index contributed by atoms with van der Waals surface area (Å²) < 4.78 is 1.88. The molecule has 0 aliphatic heterocycles. The third-order valence-electron chi connectivity index (χ3n) is 3.23. The van der Waals surface area contributed by atoms with Gasteiger partial charge in [-0.15, -0.1) is 11.3 Å². The van der Waals surface area contributed by atoms with Gasteiger partial charge in [0.2, 0.25) is 5.91 Å². The number of carboxylic acids is 1. The van der Waals surface area contributed by atoms with Crippen LogP contribution in [0.4, 0.5) is 0 Å². The summed E-state index contributed by atoms with van der Waals surface area (Å²) in [6.07, 6.45) is 4.17. The fraction of sp³-hybridized carbons (Fsp3) is 0.500. The van der Waals surface area contributed by atoms with E-state index in [0.29, 0.717) is 6.42 Å². The van der Waals surface area contributed by atoms with Crippen LogP contribution >= 0.6 is 11.3 Å². The Balaban J connectivity index is 2.01. The van der Waals surface area contributed by atoms with E-state index >= 15 is 0 Å². The number of aromatic nitrogens is 2. The second kappa shape index (κ2) is 6.71. The molecule has 21 heavy (non-hydrogen) atoms. The highest BCUT2D eigenvalue weighted by molar-refractivity contribution is 7.15. The molecule has 0 bridgehead atoms. The molecule has 7 heteroatoms. The molecule has 2 aromatic heterocycles. The average Bonchev–Trinajstić information content (AvgIpc) is 2.95. The van der Waals surface area contributed by atoms with Crippen molar-refractivity contribution in [1.82, 2.24) is 14.7 Å². The standard InChI is InChI=1S/C14H19N3O3S/c1-3-4-5-11(13(19)20)16-12(18)6-10-8-21-14-15-9(2)7-17(10)14/h7-8,11H,3-6H2,1-2H3,(H,16,18)(H,19,20). The van der Waals surface area contributed by atoms with Gasteiger partial charge in [0, 0.05) is 17.3 Å². The van der Waals surface area contributed by atoms with Gasteiger partial charge in [0.1, 0.15) is 6.04 Å². The maximum absolute atomic E-state index is 12.0. The van der Waals surface area contributed by atoms with Crippen LogP contribution in [0.3, 0.4) is 0 Å². The average molecular weight is 309 g/mol. The largest absolute Gasteiger partial charge is 0.480 e. The molecule has 0 spiro atoms. The smallest absolute Gasteiger partial charge is 0.326 e. The van der Waals surface area contributed by atoms with Gasteiger partial charge in [0.15, 0.2) is 4.96 Å². The van der Waals surface area contributed by atoms with Crippen LogP contribution in [0.2, 0.25) is 0 Å². The van der Waals surface area contributed by atoms with E-state index in [-0.39, 0.29) is 12.3 Å². The van der Waals surface area contributed by atoms with Gasteiger partial charge in [-0.05, 0) is 13.3 Å². The van der Waals surface area contributed by atoms with Crippen molar-refractivity contribution in [2.75, 3.05) is 0 Å². The number of nitrogens with one attached hydrogen (secondary N) is 1. The number of hydrogen-bond acceptors (Lipinski definition) is 4. The van der Waals surface area contributed by atoms with Gasteiger partial charge in [-0.25, -0.2) is 9.78 Å². The maximum Gasteiger partial charge on any atom is 0.326 e. The Kier molecular flexibility index (Phi) is 4.95. The molecule has 2 heterocycles. The zero-order valence-corrected chi connectivity index (χ0v) is 12.9. The van der Waals surface area contributed by atoms with Crippen molar-refractivity contribution in [2.45, 2.75) is 45.6 Å². The van der Waals surface area contributed by atoms with Gasteiger partial charge in [0.25, 0.3) is 0 Å². The Bertz CT molecular complexity index is 647. The molecule has 0 saturated heterocycles. The Morgan fingerprint density at radius 2 is 2.29 bits per heavy atom. The van der Waals surface area contributed by atoms with Gasteiger partial charge in [-0.1, -0.05) is 19.8 Å². The summed E-state index contributed by atoms with van der Waals surface area (Å²) in [5.74, 6) is -1.25. The molecule has 1 atom stereocenters. The molecule has 2 aromatic rings.